The zero-order valence-electron chi connectivity index (χ0n) is 53.9. The fourth-order valence-electron chi connectivity index (χ4n) is 11.3. The molecular weight excluding hydrogens is 973 g/mol. The lowest BCUT2D eigenvalue weighted by Crippen LogP contribution is -2.30. The van der Waals surface area contributed by atoms with Crippen LogP contribution in [0.25, 0.3) is 0 Å². The van der Waals surface area contributed by atoms with Crippen molar-refractivity contribution in [1.82, 2.24) is 0 Å². The normalized spacial score (nSPS) is 12.0. The van der Waals surface area contributed by atoms with Crippen molar-refractivity contribution in [2.45, 2.75) is 425 Å². The number of ether oxygens (including phenoxy) is 3. The van der Waals surface area contributed by atoms with Gasteiger partial charge in [0.25, 0.3) is 0 Å². The van der Waals surface area contributed by atoms with Crippen LogP contribution in [0.4, 0.5) is 0 Å². The summed E-state index contributed by atoms with van der Waals surface area (Å²) < 4.78 is 17.0. The fraction of sp³-hybridized carbons (Fsp3) is 0.932. The number of carbonyl (C=O) groups excluding carboxylic acids is 3. The summed E-state index contributed by atoms with van der Waals surface area (Å²) in [6.07, 6.45) is 82.4. The molecule has 0 radical (unpaired) electrons. The molecule has 6 heteroatoms. The topological polar surface area (TPSA) is 78.9 Å². The number of carbonyl (C=O) groups is 3. The summed E-state index contributed by atoms with van der Waals surface area (Å²) in [4.78, 5) is 38.5. The van der Waals surface area contributed by atoms with Crippen molar-refractivity contribution in [2.75, 3.05) is 13.2 Å². The Morgan fingerprint density at radius 2 is 0.418 bits per heavy atom. The zero-order chi connectivity index (χ0) is 57.1. The van der Waals surface area contributed by atoms with Crippen molar-refractivity contribution < 1.29 is 28.6 Å². The summed E-state index contributed by atoms with van der Waals surface area (Å²) in [5.41, 5.74) is 0. The lowest BCUT2D eigenvalue weighted by molar-refractivity contribution is -0.167. The monoisotopic (exact) mass is 1110 g/mol. The number of hydrogen-bond acceptors (Lipinski definition) is 6. The second kappa shape index (κ2) is 68.6. The van der Waals surface area contributed by atoms with E-state index in [0.29, 0.717) is 19.3 Å². The molecule has 0 heterocycles. The second-order valence-corrected chi connectivity index (χ2v) is 24.9. The molecule has 0 amide bonds. The van der Waals surface area contributed by atoms with Gasteiger partial charge in [0.15, 0.2) is 6.10 Å². The number of rotatable bonds is 68. The van der Waals surface area contributed by atoms with Crippen molar-refractivity contribution in [2.24, 2.45) is 0 Å². The van der Waals surface area contributed by atoms with Gasteiger partial charge in [0, 0.05) is 19.3 Å². The largest absolute Gasteiger partial charge is 0.462 e. The molecular formula is C73H140O6. The van der Waals surface area contributed by atoms with E-state index in [9.17, 15) is 14.4 Å². The summed E-state index contributed by atoms with van der Waals surface area (Å²) in [6.45, 7) is 6.74. The third kappa shape index (κ3) is 66.8. The summed E-state index contributed by atoms with van der Waals surface area (Å²) in [5, 5.41) is 0. The van der Waals surface area contributed by atoms with Gasteiger partial charge in [0.05, 0.1) is 0 Å². The first-order valence-electron chi connectivity index (χ1n) is 36.2. The lowest BCUT2D eigenvalue weighted by atomic mass is 10.0. The van der Waals surface area contributed by atoms with E-state index in [1.807, 2.05) is 0 Å². The quantitative estimate of drug-likeness (QED) is 0.0261. The average molecular weight is 1110 g/mol. The molecule has 468 valence electrons. The average Bonchev–Trinajstić information content (AvgIpc) is 3.45. The molecule has 0 spiro atoms. The highest BCUT2D eigenvalue weighted by molar-refractivity contribution is 5.71. The predicted molar refractivity (Wildman–Crippen MR) is 344 cm³/mol. The predicted octanol–water partition coefficient (Wildman–Crippen LogP) is 24.8. The van der Waals surface area contributed by atoms with E-state index >= 15 is 0 Å². The molecule has 0 aliphatic heterocycles. The van der Waals surface area contributed by atoms with Gasteiger partial charge in [-0.2, -0.15) is 0 Å². The maximum absolute atomic E-state index is 13.0. The molecule has 0 aromatic rings. The van der Waals surface area contributed by atoms with E-state index < -0.39 is 6.10 Å². The minimum atomic E-state index is -0.768. The van der Waals surface area contributed by atoms with Crippen LogP contribution in [0.15, 0.2) is 12.2 Å². The maximum atomic E-state index is 13.0. The Kier molecular flexibility index (Phi) is 67.0. The van der Waals surface area contributed by atoms with Crippen molar-refractivity contribution in [3.8, 4) is 0 Å². The Morgan fingerprint density at radius 3 is 0.633 bits per heavy atom. The number of unbranched alkanes of at least 4 members (excludes halogenated alkanes) is 55. The minimum absolute atomic E-state index is 0.0636. The third-order valence-electron chi connectivity index (χ3n) is 16.8. The van der Waals surface area contributed by atoms with Crippen LogP contribution >= 0.6 is 0 Å². The lowest BCUT2D eigenvalue weighted by Gasteiger charge is -2.18. The SMILES string of the molecule is CCCCCCCCCC/C=C\CCCCCCCCCCCC(=O)OC(COC(=O)CCCCCCCCCCCCCCCCCC)COC(=O)CCCCCCCCCCCCCCCCCCCCCCCCCC. The van der Waals surface area contributed by atoms with Crippen molar-refractivity contribution in [1.29, 1.82) is 0 Å². The summed E-state index contributed by atoms with van der Waals surface area (Å²) in [6, 6.07) is 0. The van der Waals surface area contributed by atoms with E-state index in [1.54, 1.807) is 0 Å². The first-order valence-corrected chi connectivity index (χ1v) is 36.2. The smallest absolute Gasteiger partial charge is 0.306 e. The molecule has 0 bridgehead atoms. The molecule has 1 unspecified atom stereocenters. The molecule has 79 heavy (non-hydrogen) atoms. The fourth-order valence-corrected chi connectivity index (χ4v) is 11.3. The van der Waals surface area contributed by atoms with Gasteiger partial charge < -0.3 is 14.2 Å². The summed E-state index contributed by atoms with van der Waals surface area (Å²) in [7, 11) is 0. The standard InChI is InChI=1S/C73H140O6/c1-4-7-10-13-16-19-22-25-28-31-33-35-36-37-39-40-42-45-48-51-54-57-60-63-66-72(75)78-69-70(68-77-71(74)65-62-59-56-53-50-47-44-30-27-24-21-18-15-12-9-6-3)79-73(76)67-64-61-58-55-52-49-46-43-41-38-34-32-29-26-23-20-17-14-11-8-5-2/h32,34,70H,4-31,33,35-69H2,1-3H3/b34-32-. The van der Waals surface area contributed by atoms with Crippen molar-refractivity contribution in [3.05, 3.63) is 12.2 Å². The minimum Gasteiger partial charge on any atom is -0.462 e. The molecule has 0 N–H and O–H groups in total. The highest BCUT2D eigenvalue weighted by Crippen LogP contribution is 2.19. The van der Waals surface area contributed by atoms with E-state index in [0.717, 1.165) is 57.8 Å². The Labute approximate surface area is 494 Å². The van der Waals surface area contributed by atoms with Gasteiger partial charge in [0.1, 0.15) is 13.2 Å². The van der Waals surface area contributed by atoms with Crippen molar-refractivity contribution >= 4 is 17.9 Å². The zero-order valence-corrected chi connectivity index (χ0v) is 53.9. The Bertz CT molecular complexity index is 1230. The van der Waals surface area contributed by atoms with E-state index in [-0.39, 0.29) is 31.1 Å². The van der Waals surface area contributed by atoms with E-state index in [1.165, 1.54) is 321 Å². The Hall–Kier alpha value is -1.85. The first-order chi connectivity index (χ1) is 39.0. The maximum Gasteiger partial charge on any atom is 0.306 e. The van der Waals surface area contributed by atoms with Crippen LogP contribution < -0.4 is 0 Å². The molecule has 1 atom stereocenters. The molecule has 0 rings (SSSR count). The molecule has 0 saturated carbocycles. The van der Waals surface area contributed by atoms with Crippen LogP contribution in [-0.4, -0.2) is 37.2 Å². The second-order valence-electron chi connectivity index (χ2n) is 24.9. The highest BCUT2D eigenvalue weighted by atomic mass is 16.6. The third-order valence-corrected chi connectivity index (χ3v) is 16.8. The molecule has 0 aromatic heterocycles. The van der Waals surface area contributed by atoms with Crippen LogP contribution in [-0.2, 0) is 28.6 Å². The number of allylic oxidation sites excluding steroid dienone is 2. The van der Waals surface area contributed by atoms with Gasteiger partial charge in [-0.1, -0.05) is 367 Å². The summed E-state index contributed by atoms with van der Waals surface area (Å²) in [5.74, 6) is -0.827. The Morgan fingerprint density at radius 1 is 0.241 bits per heavy atom. The number of hydrogen-bond donors (Lipinski definition) is 0. The van der Waals surface area contributed by atoms with E-state index in [2.05, 4.69) is 32.9 Å². The van der Waals surface area contributed by atoms with Gasteiger partial charge in [-0.05, 0) is 44.9 Å². The van der Waals surface area contributed by atoms with Crippen LogP contribution in [0.3, 0.4) is 0 Å². The van der Waals surface area contributed by atoms with Crippen LogP contribution in [0.5, 0.6) is 0 Å². The van der Waals surface area contributed by atoms with Crippen LogP contribution in [0, 0.1) is 0 Å². The molecule has 0 fully saturated rings. The molecule has 0 aromatic carbocycles. The van der Waals surface area contributed by atoms with E-state index in [4.69, 9.17) is 14.2 Å². The van der Waals surface area contributed by atoms with Crippen molar-refractivity contribution in [3.63, 3.8) is 0 Å². The van der Waals surface area contributed by atoms with Gasteiger partial charge >= 0.3 is 17.9 Å². The number of esters is 3. The molecule has 0 saturated heterocycles. The highest BCUT2D eigenvalue weighted by Gasteiger charge is 2.19. The van der Waals surface area contributed by atoms with Crippen LogP contribution in [0.2, 0.25) is 0 Å². The van der Waals surface area contributed by atoms with Crippen LogP contribution in [0.1, 0.15) is 419 Å². The van der Waals surface area contributed by atoms with Gasteiger partial charge in [-0.15, -0.1) is 0 Å². The van der Waals surface area contributed by atoms with Gasteiger partial charge in [-0.3, -0.25) is 14.4 Å². The molecule has 6 nitrogen and oxygen atoms in total. The molecule has 0 aliphatic carbocycles. The molecule has 0 aliphatic rings. The van der Waals surface area contributed by atoms with Gasteiger partial charge in [-0.25, -0.2) is 0 Å². The Balaban J connectivity index is 4.25. The van der Waals surface area contributed by atoms with Gasteiger partial charge in [0.2, 0.25) is 0 Å². The first kappa shape index (κ1) is 77.2. The summed E-state index contributed by atoms with van der Waals surface area (Å²) >= 11 is 0.